The van der Waals surface area contributed by atoms with Gasteiger partial charge in [-0.15, -0.1) is 0 Å². The predicted octanol–water partition coefficient (Wildman–Crippen LogP) is 6.45. The topological polar surface area (TPSA) is 29.5 Å². The van der Waals surface area contributed by atoms with Gasteiger partial charge in [0.1, 0.15) is 16.7 Å². The zero-order valence-electron chi connectivity index (χ0n) is 16.0. The van der Waals surface area contributed by atoms with E-state index in [9.17, 15) is 4.79 Å². The van der Waals surface area contributed by atoms with Crippen LogP contribution in [0.5, 0.6) is 5.75 Å². The Morgan fingerprint density at radius 1 is 1.10 bits per heavy atom. The molecule has 2 aliphatic rings. The van der Waals surface area contributed by atoms with E-state index in [-0.39, 0.29) is 11.9 Å². The van der Waals surface area contributed by atoms with Crippen LogP contribution < -0.4 is 4.74 Å². The van der Waals surface area contributed by atoms with Gasteiger partial charge in [0.05, 0.1) is 4.91 Å². The molecule has 0 radical (unpaired) electrons. The summed E-state index contributed by atoms with van der Waals surface area (Å²) in [6.07, 6.45) is 7.57. The maximum atomic E-state index is 13.0. The molecule has 0 unspecified atom stereocenters. The van der Waals surface area contributed by atoms with Crippen molar-refractivity contribution >= 4 is 51.9 Å². The van der Waals surface area contributed by atoms with Gasteiger partial charge in [-0.25, -0.2) is 0 Å². The zero-order chi connectivity index (χ0) is 20.2. The van der Waals surface area contributed by atoms with Gasteiger partial charge in [-0.05, 0) is 42.7 Å². The van der Waals surface area contributed by atoms with Crippen LogP contribution in [-0.2, 0) is 11.4 Å². The Labute approximate surface area is 186 Å². The summed E-state index contributed by atoms with van der Waals surface area (Å²) in [6.45, 7) is 0.436. The summed E-state index contributed by atoms with van der Waals surface area (Å²) in [5.41, 5.74) is 1.92. The number of benzene rings is 2. The molecular formula is C23H22ClNO2S2. The average Bonchev–Trinajstić information content (AvgIpc) is 3.02. The molecule has 0 aromatic heterocycles. The maximum Gasteiger partial charge on any atom is 0.266 e. The highest BCUT2D eigenvalue weighted by Crippen LogP contribution is 2.38. The molecule has 1 heterocycles. The van der Waals surface area contributed by atoms with Gasteiger partial charge >= 0.3 is 0 Å². The van der Waals surface area contributed by atoms with Crippen molar-refractivity contribution in [2.45, 2.75) is 44.8 Å². The lowest BCUT2D eigenvalue weighted by Crippen LogP contribution is -2.39. The summed E-state index contributed by atoms with van der Waals surface area (Å²) in [7, 11) is 0. The van der Waals surface area contributed by atoms with Gasteiger partial charge in [-0.2, -0.15) is 0 Å². The van der Waals surface area contributed by atoms with E-state index in [2.05, 4.69) is 0 Å². The number of rotatable bonds is 5. The highest BCUT2D eigenvalue weighted by molar-refractivity contribution is 8.26. The summed E-state index contributed by atoms with van der Waals surface area (Å²) in [5.74, 6) is 0.768. The average molecular weight is 444 g/mol. The normalized spacial score (nSPS) is 19.2. The van der Waals surface area contributed by atoms with Gasteiger partial charge in [0.15, 0.2) is 0 Å². The van der Waals surface area contributed by atoms with E-state index in [1.54, 1.807) is 0 Å². The third-order valence-corrected chi connectivity index (χ3v) is 6.86. The van der Waals surface area contributed by atoms with Gasteiger partial charge in [0, 0.05) is 16.6 Å². The van der Waals surface area contributed by atoms with Crippen LogP contribution in [0.15, 0.2) is 53.4 Å². The van der Waals surface area contributed by atoms with Crippen LogP contribution in [-0.4, -0.2) is 21.2 Å². The Morgan fingerprint density at radius 2 is 1.83 bits per heavy atom. The summed E-state index contributed by atoms with van der Waals surface area (Å²) in [4.78, 5) is 15.5. The van der Waals surface area contributed by atoms with Crippen LogP contribution >= 0.6 is 35.6 Å². The molecule has 4 rings (SSSR count). The number of carbonyl (C=O) groups is 1. The van der Waals surface area contributed by atoms with Gasteiger partial charge in [-0.1, -0.05) is 85.2 Å². The Kier molecular flexibility index (Phi) is 6.58. The fourth-order valence-corrected chi connectivity index (χ4v) is 5.27. The van der Waals surface area contributed by atoms with E-state index in [4.69, 9.17) is 28.6 Å². The largest absolute Gasteiger partial charge is 0.488 e. The number of thiocarbonyl (C=S) groups is 1. The third-order valence-electron chi connectivity index (χ3n) is 5.28. The van der Waals surface area contributed by atoms with E-state index in [0.717, 1.165) is 29.7 Å². The fraction of sp³-hybridized carbons (Fsp3) is 0.304. The van der Waals surface area contributed by atoms with E-state index < -0.39 is 0 Å². The van der Waals surface area contributed by atoms with Crippen molar-refractivity contribution in [3.63, 3.8) is 0 Å². The van der Waals surface area contributed by atoms with E-state index in [1.807, 2.05) is 59.5 Å². The SMILES string of the molecule is O=C1/C(=C/c2ccccc2OCc2ccc(Cl)cc2)SC(=S)N1C1CCCCC1. The molecule has 1 saturated carbocycles. The van der Waals surface area contributed by atoms with E-state index >= 15 is 0 Å². The van der Waals surface area contributed by atoms with Crippen molar-refractivity contribution < 1.29 is 9.53 Å². The lowest BCUT2D eigenvalue weighted by atomic mass is 9.94. The van der Waals surface area contributed by atoms with Crippen molar-refractivity contribution in [1.29, 1.82) is 0 Å². The number of hydrogen-bond acceptors (Lipinski definition) is 4. The number of thioether (sulfide) groups is 1. The van der Waals surface area contributed by atoms with E-state index in [1.165, 1.54) is 31.0 Å². The van der Waals surface area contributed by atoms with Crippen LogP contribution in [0.2, 0.25) is 5.02 Å². The standard InChI is InChI=1S/C23H22ClNO2S2/c24-18-12-10-16(11-13-18)15-27-20-9-5-4-6-17(20)14-21-22(26)25(23(28)29-21)19-7-2-1-3-8-19/h4-6,9-14,19H,1-3,7-8,15H2/b21-14-. The first kappa shape index (κ1) is 20.5. The van der Waals surface area contributed by atoms with Gasteiger partial charge in [-0.3, -0.25) is 9.69 Å². The van der Waals surface area contributed by atoms with Crippen molar-refractivity contribution in [2.75, 3.05) is 0 Å². The van der Waals surface area contributed by atoms with Crippen LogP contribution in [0.25, 0.3) is 6.08 Å². The smallest absolute Gasteiger partial charge is 0.266 e. The summed E-state index contributed by atoms with van der Waals surface area (Å²) in [6, 6.07) is 15.6. The number of para-hydroxylation sites is 1. The molecule has 1 saturated heterocycles. The number of hydrogen-bond donors (Lipinski definition) is 0. The molecule has 150 valence electrons. The Balaban J connectivity index is 1.51. The first-order chi connectivity index (χ1) is 14.1. The van der Waals surface area contributed by atoms with Gasteiger partial charge in [0.2, 0.25) is 0 Å². The molecule has 1 amide bonds. The van der Waals surface area contributed by atoms with Gasteiger partial charge in [0.25, 0.3) is 5.91 Å². The molecular weight excluding hydrogens is 422 g/mol. The molecule has 6 heteroatoms. The molecule has 2 fully saturated rings. The third kappa shape index (κ3) is 4.85. The number of ether oxygens (including phenoxy) is 1. The molecule has 0 bridgehead atoms. The van der Waals surface area contributed by atoms with Crippen molar-refractivity contribution in [3.05, 3.63) is 69.6 Å². The lowest BCUT2D eigenvalue weighted by Gasteiger charge is -2.29. The number of halogens is 1. The predicted molar refractivity (Wildman–Crippen MR) is 124 cm³/mol. The maximum absolute atomic E-state index is 13.0. The summed E-state index contributed by atoms with van der Waals surface area (Å²) in [5, 5.41) is 0.703. The van der Waals surface area contributed by atoms with Crippen molar-refractivity contribution in [1.82, 2.24) is 4.90 Å². The Bertz CT molecular complexity index is 936. The minimum Gasteiger partial charge on any atom is -0.488 e. The number of nitrogens with zero attached hydrogens (tertiary/aromatic N) is 1. The summed E-state index contributed by atoms with van der Waals surface area (Å²) < 4.78 is 6.70. The minimum absolute atomic E-state index is 0.0272. The van der Waals surface area contributed by atoms with Crippen LogP contribution in [0.1, 0.15) is 43.2 Å². The second-order valence-electron chi connectivity index (χ2n) is 7.30. The van der Waals surface area contributed by atoms with E-state index in [0.29, 0.717) is 20.9 Å². The molecule has 1 aliphatic carbocycles. The van der Waals surface area contributed by atoms with Crippen LogP contribution in [0.4, 0.5) is 0 Å². The second kappa shape index (κ2) is 9.33. The van der Waals surface area contributed by atoms with Crippen molar-refractivity contribution in [2.24, 2.45) is 0 Å². The zero-order valence-corrected chi connectivity index (χ0v) is 18.4. The quantitative estimate of drug-likeness (QED) is 0.392. The molecule has 2 aromatic rings. The number of carbonyl (C=O) groups excluding carboxylic acids is 1. The Morgan fingerprint density at radius 3 is 2.59 bits per heavy atom. The summed E-state index contributed by atoms with van der Waals surface area (Å²) >= 11 is 12.9. The first-order valence-electron chi connectivity index (χ1n) is 9.85. The molecule has 2 aromatic carbocycles. The molecule has 3 nitrogen and oxygen atoms in total. The first-order valence-corrected chi connectivity index (χ1v) is 11.5. The highest BCUT2D eigenvalue weighted by Gasteiger charge is 2.37. The molecule has 0 spiro atoms. The number of amides is 1. The fourth-order valence-electron chi connectivity index (χ4n) is 3.75. The molecule has 0 N–H and O–H groups in total. The highest BCUT2D eigenvalue weighted by atomic mass is 35.5. The molecule has 29 heavy (non-hydrogen) atoms. The molecule has 0 atom stereocenters. The van der Waals surface area contributed by atoms with Crippen LogP contribution in [0, 0.1) is 0 Å². The minimum atomic E-state index is 0.0272. The Hall–Kier alpha value is -1.82. The van der Waals surface area contributed by atoms with Gasteiger partial charge < -0.3 is 4.74 Å². The second-order valence-corrected chi connectivity index (χ2v) is 9.41. The lowest BCUT2D eigenvalue weighted by molar-refractivity contribution is -0.124. The van der Waals surface area contributed by atoms with Crippen molar-refractivity contribution in [3.8, 4) is 5.75 Å². The molecule has 1 aliphatic heterocycles. The van der Waals surface area contributed by atoms with Crippen LogP contribution in [0.3, 0.4) is 0 Å². The monoisotopic (exact) mass is 443 g/mol.